The van der Waals surface area contributed by atoms with Crippen molar-refractivity contribution in [3.8, 4) is 17.4 Å². The number of aryl methyl sites for hydroxylation is 2. The van der Waals surface area contributed by atoms with Gasteiger partial charge in [0.1, 0.15) is 11.3 Å². The molecule has 0 spiro atoms. The van der Waals surface area contributed by atoms with Gasteiger partial charge in [0.15, 0.2) is 17.3 Å². The molecule has 0 unspecified atom stereocenters. The molecule has 2 heterocycles. The summed E-state index contributed by atoms with van der Waals surface area (Å²) in [5.74, 6) is 2.92. The Morgan fingerprint density at radius 2 is 1.74 bits per heavy atom. The van der Waals surface area contributed by atoms with Crippen molar-refractivity contribution in [2.75, 3.05) is 14.2 Å². The average molecular weight is 461 g/mol. The lowest BCUT2D eigenvalue weighted by Gasteiger charge is -2.14. The van der Waals surface area contributed by atoms with E-state index in [0.717, 1.165) is 42.8 Å². The third-order valence-corrected chi connectivity index (χ3v) is 6.24. The summed E-state index contributed by atoms with van der Waals surface area (Å²) in [6.07, 6.45) is 4.49. The van der Waals surface area contributed by atoms with Crippen LogP contribution in [0.1, 0.15) is 60.6 Å². The molecule has 7 heteroatoms. The van der Waals surface area contributed by atoms with Crippen LogP contribution in [0.4, 0.5) is 0 Å². The van der Waals surface area contributed by atoms with Crippen LogP contribution in [-0.2, 0) is 12.8 Å². The van der Waals surface area contributed by atoms with E-state index in [1.165, 1.54) is 5.56 Å². The van der Waals surface area contributed by atoms with E-state index in [9.17, 15) is 5.11 Å². The molecule has 7 nitrogen and oxygen atoms in total. The molecule has 0 bridgehead atoms. The van der Waals surface area contributed by atoms with Gasteiger partial charge in [-0.2, -0.15) is 10.1 Å². The summed E-state index contributed by atoms with van der Waals surface area (Å²) in [6.45, 7) is 4.07. The van der Waals surface area contributed by atoms with Gasteiger partial charge in [0.05, 0.1) is 19.9 Å². The molecule has 178 valence electrons. The van der Waals surface area contributed by atoms with Gasteiger partial charge in [-0.1, -0.05) is 43.3 Å². The van der Waals surface area contributed by atoms with Crippen LogP contribution in [0.2, 0.25) is 0 Å². The maximum atomic E-state index is 10.7. The zero-order valence-electron chi connectivity index (χ0n) is 20.3. The first kappa shape index (κ1) is 23.5. The van der Waals surface area contributed by atoms with E-state index in [2.05, 4.69) is 36.2 Å². The summed E-state index contributed by atoms with van der Waals surface area (Å²) in [7, 11) is 3.22. The summed E-state index contributed by atoms with van der Waals surface area (Å²) in [5, 5.41) is 15.5. The Morgan fingerprint density at radius 3 is 2.44 bits per heavy atom. The number of methoxy groups -OCH3 is 2. The lowest BCUT2D eigenvalue weighted by atomic mass is 9.96. The number of imidazole rings is 1. The summed E-state index contributed by atoms with van der Waals surface area (Å²) in [6, 6.07) is 16.3. The van der Waals surface area contributed by atoms with Crippen molar-refractivity contribution in [1.29, 1.82) is 0 Å². The Balaban J connectivity index is 1.60. The number of hydrogen-bond acceptors (Lipinski definition) is 6. The molecule has 0 aliphatic rings. The van der Waals surface area contributed by atoms with Gasteiger partial charge in [0, 0.05) is 12.3 Å². The zero-order valence-corrected chi connectivity index (χ0v) is 20.3. The van der Waals surface area contributed by atoms with Crippen molar-refractivity contribution in [1.82, 2.24) is 19.6 Å². The average Bonchev–Trinajstić information content (AvgIpc) is 3.18. The van der Waals surface area contributed by atoms with Gasteiger partial charge in [0.2, 0.25) is 5.88 Å². The number of fused-ring (bicyclic) bond motifs is 1. The third-order valence-electron chi connectivity index (χ3n) is 6.24. The quantitative estimate of drug-likeness (QED) is 0.348. The molecule has 4 rings (SSSR count). The minimum absolute atomic E-state index is 0.0409. The van der Waals surface area contributed by atoms with Gasteiger partial charge < -0.3 is 14.6 Å². The topological polar surface area (TPSA) is 81.8 Å². The standard InChI is InChI=1S/C27H32N4O3/c1-5-21(13-9-12-19-10-7-6-8-11-19)26-28-18(2)25-27(32)29-24(30-31(25)26)17-20-14-15-22(33-3)23(16-20)34-4/h6-8,10-11,14-16,21H,5,9,12-13,17H2,1-4H3,(H,29,30,32)/t21-/m1/s1. The molecule has 0 aliphatic carbocycles. The monoisotopic (exact) mass is 460 g/mol. The number of nitrogens with zero attached hydrogens (tertiary/aromatic N) is 4. The minimum Gasteiger partial charge on any atom is -0.493 e. The van der Waals surface area contributed by atoms with Crippen LogP contribution in [0.5, 0.6) is 17.4 Å². The van der Waals surface area contributed by atoms with E-state index < -0.39 is 0 Å². The Hall–Kier alpha value is -3.61. The van der Waals surface area contributed by atoms with E-state index in [-0.39, 0.29) is 11.8 Å². The Bertz CT molecular complexity index is 1250. The second-order valence-corrected chi connectivity index (χ2v) is 8.52. The minimum atomic E-state index is -0.0409. The van der Waals surface area contributed by atoms with Gasteiger partial charge in [-0.15, -0.1) is 0 Å². The summed E-state index contributed by atoms with van der Waals surface area (Å²) in [5.41, 5.74) is 3.63. The highest BCUT2D eigenvalue weighted by atomic mass is 16.5. The lowest BCUT2D eigenvalue weighted by molar-refractivity contribution is 0.354. The van der Waals surface area contributed by atoms with Crippen molar-refractivity contribution in [2.24, 2.45) is 0 Å². The highest BCUT2D eigenvalue weighted by molar-refractivity contribution is 5.60. The first-order chi connectivity index (χ1) is 16.5. The largest absolute Gasteiger partial charge is 0.493 e. The van der Waals surface area contributed by atoms with E-state index >= 15 is 0 Å². The fourth-order valence-corrected chi connectivity index (χ4v) is 4.44. The first-order valence-electron chi connectivity index (χ1n) is 11.7. The van der Waals surface area contributed by atoms with Gasteiger partial charge in [-0.3, -0.25) is 0 Å². The smallest absolute Gasteiger partial charge is 0.241 e. The lowest BCUT2D eigenvalue weighted by Crippen LogP contribution is -2.10. The van der Waals surface area contributed by atoms with Crippen molar-refractivity contribution in [3.63, 3.8) is 0 Å². The number of aromatic nitrogens is 4. The Kier molecular flexibility index (Phi) is 7.30. The highest BCUT2D eigenvalue weighted by Crippen LogP contribution is 2.31. The summed E-state index contributed by atoms with van der Waals surface area (Å²) in [4.78, 5) is 9.18. The van der Waals surface area contributed by atoms with E-state index in [4.69, 9.17) is 19.6 Å². The molecule has 0 fully saturated rings. The van der Waals surface area contributed by atoms with Crippen molar-refractivity contribution in [3.05, 3.63) is 77.0 Å². The van der Waals surface area contributed by atoms with Gasteiger partial charge in [-0.05, 0) is 55.9 Å². The van der Waals surface area contributed by atoms with E-state index in [0.29, 0.717) is 29.3 Å². The van der Waals surface area contributed by atoms with Crippen LogP contribution < -0.4 is 9.47 Å². The second-order valence-electron chi connectivity index (χ2n) is 8.52. The SMILES string of the molecule is CC[C@H](CCCc1ccccc1)c1nc(C)c2c(O)nc(Cc3ccc(OC)c(OC)c3)nn12. The molecular weight excluding hydrogens is 428 g/mol. The van der Waals surface area contributed by atoms with Crippen LogP contribution in [0, 0.1) is 6.92 Å². The predicted molar refractivity (Wildman–Crippen MR) is 132 cm³/mol. The van der Waals surface area contributed by atoms with Crippen molar-refractivity contribution < 1.29 is 14.6 Å². The number of ether oxygens (including phenoxy) is 2. The molecule has 1 N–H and O–H groups in total. The maximum absolute atomic E-state index is 10.7. The molecule has 4 aromatic rings. The number of aromatic hydroxyl groups is 1. The molecule has 0 saturated heterocycles. The van der Waals surface area contributed by atoms with Crippen LogP contribution in [0.15, 0.2) is 48.5 Å². The maximum Gasteiger partial charge on any atom is 0.241 e. The van der Waals surface area contributed by atoms with Crippen LogP contribution in [0.25, 0.3) is 5.52 Å². The van der Waals surface area contributed by atoms with Crippen LogP contribution in [0.3, 0.4) is 0 Å². The number of rotatable bonds is 10. The molecule has 2 aromatic carbocycles. The van der Waals surface area contributed by atoms with Crippen LogP contribution >= 0.6 is 0 Å². The van der Waals surface area contributed by atoms with Gasteiger partial charge >= 0.3 is 0 Å². The third kappa shape index (κ3) is 4.98. The fourth-order valence-electron chi connectivity index (χ4n) is 4.44. The molecule has 0 saturated carbocycles. The molecule has 34 heavy (non-hydrogen) atoms. The highest BCUT2D eigenvalue weighted by Gasteiger charge is 2.22. The van der Waals surface area contributed by atoms with Crippen molar-refractivity contribution in [2.45, 2.75) is 51.9 Å². The fraction of sp³-hybridized carbons (Fsp3) is 0.370. The molecule has 0 radical (unpaired) electrons. The number of benzene rings is 2. The molecular formula is C27H32N4O3. The molecule has 0 aliphatic heterocycles. The van der Waals surface area contributed by atoms with Crippen LogP contribution in [-0.4, -0.2) is 38.9 Å². The molecule has 2 aromatic heterocycles. The van der Waals surface area contributed by atoms with E-state index in [1.54, 1.807) is 18.7 Å². The summed E-state index contributed by atoms with van der Waals surface area (Å²) >= 11 is 0. The first-order valence-corrected chi connectivity index (χ1v) is 11.7. The Morgan fingerprint density at radius 1 is 0.971 bits per heavy atom. The van der Waals surface area contributed by atoms with Gasteiger partial charge in [0.25, 0.3) is 0 Å². The normalized spacial score (nSPS) is 12.1. The molecule has 0 amide bonds. The molecule has 1 atom stereocenters. The van der Waals surface area contributed by atoms with Crippen molar-refractivity contribution >= 4 is 5.52 Å². The van der Waals surface area contributed by atoms with E-state index in [1.807, 2.05) is 31.2 Å². The summed E-state index contributed by atoms with van der Waals surface area (Å²) < 4.78 is 12.5. The Labute approximate surface area is 200 Å². The second kappa shape index (κ2) is 10.5. The predicted octanol–water partition coefficient (Wildman–Crippen LogP) is 5.26. The number of hydrogen-bond donors (Lipinski definition) is 1. The zero-order chi connectivity index (χ0) is 24.1. The van der Waals surface area contributed by atoms with Gasteiger partial charge in [-0.25, -0.2) is 9.50 Å².